The Bertz CT molecular complexity index is 561. The van der Waals surface area contributed by atoms with E-state index in [1.54, 1.807) is 6.07 Å². The Morgan fingerprint density at radius 3 is 1.83 bits per heavy atom. The Morgan fingerprint density at radius 1 is 1.17 bits per heavy atom. The van der Waals surface area contributed by atoms with E-state index in [1.165, 1.54) is 18.5 Å². The van der Waals surface area contributed by atoms with Gasteiger partial charge in [-0.05, 0) is 12.1 Å². The molecule has 0 bridgehead atoms. The molecule has 18 heavy (non-hydrogen) atoms. The van der Waals surface area contributed by atoms with Gasteiger partial charge in [-0.25, -0.2) is 4.79 Å². The molecule has 0 fully saturated rings. The molecule has 1 heterocycles. The Kier molecular flexibility index (Phi) is 6.18. The molecule has 0 saturated heterocycles. The Balaban J connectivity index is 0.000000321. The van der Waals surface area contributed by atoms with Crippen LogP contribution in [0.1, 0.15) is 10.4 Å². The zero-order valence-electron chi connectivity index (χ0n) is 8.36. The first-order chi connectivity index (χ1) is 8.01. The van der Waals surface area contributed by atoms with Crippen LogP contribution in [0.2, 0.25) is 0 Å². The molecule has 0 spiro atoms. The molecule has 0 amide bonds. The van der Waals surface area contributed by atoms with Crippen LogP contribution < -0.4 is 0 Å². The average molecular weight is 341 g/mol. The van der Waals surface area contributed by atoms with Crippen molar-refractivity contribution in [3.63, 3.8) is 0 Å². The van der Waals surface area contributed by atoms with Crippen molar-refractivity contribution in [3.8, 4) is 0 Å². The van der Waals surface area contributed by atoms with Gasteiger partial charge in [0.2, 0.25) is 0 Å². The fourth-order valence-electron chi connectivity index (χ4n) is 0.598. The third-order valence-corrected chi connectivity index (χ3v) is 3.83. The van der Waals surface area contributed by atoms with E-state index in [0.717, 1.165) is 0 Å². The summed E-state index contributed by atoms with van der Waals surface area (Å²) in [5.41, 5.74) is 0.220. The molecule has 1 aromatic rings. The molecule has 1 rings (SSSR count). The summed E-state index contributed by atoms with van der Waals surface area (Å²) in [6.45, 7) is 0. The summed E-state index contributed by atoms with van der Waals surface area (Å²) in [5.74, 6) is -0.942. The maximum atomic E-state index is 10.2. The van der Waals surface area contributed by atoms with Crippen molar-refractivity contribution in [2.45, 2.75) is 0 Å². The van der Waals surface area contributed by atoms with Gasteiger partial charge in [0, 0.05) is 12.4 Å². The van der Waals surface area contributed by atoms with Crippen LogP contribution in [0.5, 0.6) is 0 Å². The number of hydrogen-bond acceptors (Lipinski definition) is 7. The molecule has 0 aliphatic carbocycles. The van der Waals surface area contributed by atoms with Gasteiger partial charge in [0.1, 0.15) is 0 Å². The average Bonchev–Trinajstić information content (AvgIpc) is 2.14. The standard InChI is InChI=1S/C6H5NO2.2Cr.2H2O.5O/c8-6(9)5-2-1-3-7-4-5;;;;;;;;;/h1-4H,(H,8,9);;;2*1H2;;;;;/q;2*+1;;;;;;;/p-2. The predicted octanol–water partition coefficient (Wildman–Crippen LogP) is -0.883. The summed E-state index contributed by atoms with van der Waals surface area (Å²) >= 11 is -11.5. The van der Waals surface area contributed by atoms with Gasteiger partial charge in [0.05, 0.1) is 5.56 Å². The minimum atomic E-state index is -5.76. The van der Waals surface area contributed by atoms with E-state index >= 15 is 0 Å². The van der Waals surface area contributed by atoms with Crippen LogP contribution in [0, 0.1) is 0 Å². The van der Waals surface area contributed by atoms with Crippen molar-refractivity contribution >= 4 is 5.97 Å². The van der Waals surface area contributed by atoms with Gasteiger partial charge in [-0.1, -0.05) is 0 Å². The number of carboxylic acids is 1. The van der Waals surface area contributed by atoms with Gasteiger partial charge in [-0.3, -0.25) is 4.98 Å². The Morgan fingerprint density at radius 2 is 1.67 bits per heavy atom. The second-order valence-electron chi connectivity index (χ2n) is 2.47. The zero-order valence-corrected chi connectivity index (χ0v) is 10.9. The second kappa shape index (κ2) is 6.63. The predicted molar refractivity (Wildman–Crippen MR) is 39.5 cm³/mol. The first-order valence-electron chi connectivity index (χ1n) is 3.80. The number of carboxylic acid groups (broad SMARTS) is 1. The van der Waals surface area contributed by atoms with Crippen molar-refractivity contribution < 1.29 is 63.5 Å². The zero-order chi connectivity index (χ0) is 14.4. The van der Waals surface area contributed by atoms with Gasteiger partial charge in [0.25, 0.3) is 0 Å². The number of rotatable bonds is 3. The third kappa shape index (κ3) is 9.95. The van der Waals surface area contributed by atoms with E-state index < -0.39 is 33.2 Å². The van der Waals surface area contributed by atoms with Crippen molar-refractivity contribution in [1.82, 2.24) is 4.98 Å². The molecule has 10 nitrogen and oxygen atoms in total. The molecule has 0 radical (unpaired) electrons. The molecule has 0 aliphatic heterocycles. The number of pyridine rings is 1. The van der Waals surface area contributed by atoms with Crippen molar-refractivity contribution in [2.24, 2.45) is 0 Å². The van der Waals surface area contributed by atoms with Gasteiger partial charge >= 0.3 is 59.6 Å². The van der Waals surface area contributed by atoms with Crippen LogP contribution in [-0.2, 0) is 45.3 Å². The van der Waals surface area contributed by atoms with Gasteiger partial charge in [-0.2, -0.15) is 0 Å². The minimum absolute atomic E-state index is 0.220. The summed E-state index contributed by atoms with van der Waals surface area (Å²) in [6.07, 6.45) is 2.84. The Labute approximate surface area is 105 Å². The molecule has 3 N–H and O–H groups in total. The van der Waals surface area contributed by atoms with Gasteiger partial charge in [-0.15, -0.1) is 0 Å². The fraction of sp³-hybridized carbons (Fsp3) is 0. The number of hydrogen-bond donors (Lipinski definition) is 3. The normalized spacial score (nSPS) is 11.2. The molecule has 0 saturated carbocycles. The monoisotopic (exact) mass is 341 g/mol. The molecule has 12 heteroatoms. The van der Waals surface area contributed by atoms with E-state index in [4.69, 9.17) is 13.4 Å². The van der Waals surface area contributed by atoms with Crippen LogP contribution in [0.4, 0.5) is 0 Å². The molecule has 0 aliphatic rings. The quantitative estimate of drug-likeness (QED) is 0.627. The van der Waals surface area contributed by atoms with Crippen molar-refractivity contribution in [1.29, 1.82) is 0 Å². The van der Waals surface area contributed by atoms with E-state index in [0.29, 0.717) is 0 Å². The second-order valence-corrected chi connectivity index (χ2v) is 6.23. The van der Waals surface area contributed by atoms with Crippen LogP contribution >= 0.6 is 0 Å². The van der Waals surface area contributed by atoms with Crippen LogP contribution in [0.3, 0.4) is 0 Å². The molecule has 1 aromatic heterocycles. The number of aromatic carboxylic acids is 1. The number of aromatic nitrogens is 1. The van der Waals surface area contributed by atoms with E-state index in [9.17, 15) is 20.0 Å². The molecule has 102 valence electrons. The summed E-state index contributed by atoms with van der Waals surface area (Å²) in [5, 5.41) is 8.34. The van der Waals surface area contributed by atoms with Crippen LogP contribution in [0.15, 0.2) is 24.5 Å². The van der Waals surface area contributed by atoms with Crippen LogP contribution in [0.25, 0.3) is 0 Å². The summed E-state index contributed by atoms with van der Waals surface area (Å²) in [6, 6.07) is 3.08. The van der Waals surface area contributed by atoms with Crippen molar-refractivity contribution in [2.75, 3.05) is 0 Å². The Hall–Kier alpha value is -1.24. The van der Waals surface area contributed by atoms with E-state index in [2.05, 4.69) is 7.82 Å². The van der Waals surface area contributed by atoms with Gasteiger partial charge < -0.3 is 5.11 Å². The molecular formula is C6H7Cr2NO9. The fourth-order valence-corrected chi connectivity index (χ4v) is 2.34. The van der Waals surface area contributed by atoms with Crippen LogP contribution in [-0.4, -0.2) is 24.4 Å². The van der Waals surface area contributed by atoms with Crippen molar-refractivity contribution in [3.05, 3.63) is 30.1 Å². The molecule has 0 unspecified atom stereocenters. The first kappa shape index (κ1) is 16.8. The molecule has 0 atom stereocenters. The van der Waals surface area contributed by atoms with Gasteiger partial charge in [0.15, 0.2) is 0 Å². The topological polar surface area (TPSA) is 168 Å². The summed E-state index contributed by atoms with van der Waals surface area (Å²) in [7, 11) is 0. The third-order valence-electron chi connectivity index (χ3n) is 1.08. The van der Waals surface area contributed by atoms with E-state index in [-0.39, 0.29) is 5.56 Å². The summed E-state index contributed by atoms with van der Waals surface area (Å²) < 4.78 is 56.3. The number of carbonyl (C=O) groups is 1. The van der Waals surface area contributed by atoms with E-state index in [1.807, 2.05) is 0 Å². The summed E-state index contributed by atoms with van der Waals surface area (Å²) in [4.78, 5) is 13.8. The first-order valence-corrected chi connectivity index (χ1v) is 8.07. The number of nitrogens with zero attached hydrogens (tertiary/aromatic N) is 1. The molecule has 0 aromatic carbocycles. The SMILES string of the molecule is O=C(O)c1cccnc1.[O]=[Cr](=[O])([OH])[O][Cr](=[O])(=[O])[OH]. The molecular weight excluding hydrogens is 334 g/mol. The maximum absolute atomic E-state index is 10.2.